The van der Waals surface area contributed by atoms with Crippen molar-refractivity contribution < 1.29 is 14.4 Å². The molecular weight excluding hydrogens is 330 g/mol. The summed E-state index contributed by atoms with van der Waals surface area (Å²) >= 11 is 0. The van der Waals surface area contributed by atoms with Crippen LogP contribution in [0.4, 0.5) is 4.79 Å². The highest BCUT2D eigenvalue weighted by Crippen LogP contribution is 2.39. The fourth-order valence-corrected chi connectivity index (χ4v) is 4.04. The van der Waals surface area contributed by atoms with Gasteiger partial charge in [0.2, 0.25) is 5.91 Å². The Morgan fingerprint density at radius 1 is 1.12 bits per heavy atom. The Balaban J connectivity index is 1.49. The molecule has 0 radical (unpaired) electrons. The third-order valence-corrected chi connectivity index (χ3v) is 5.59. The smallest absolute Gasteiger partial charge is 0.327 e. The molecule has 1 aromatic carbocycles. The molecule has 3 rings (SSSR count). The molecule has 1 aliphatic heterocycles. The van der Waals surface area contributed by atoms with E-state index in [4.69, 9.17) is 0 Å². The van der Waals surface area contributed by atoms with Crippen LogP contribution in [0.25, 0.3) is 0 Å². The van der Waals surface area contributed by atoms with Crippen LogP contribution in [0.2, 0.25) is 0 Å². The Morgan fingerprint density at radius 3 is 2.50 bits per heavy atom. The minimum atomic E-state index is -0.719. The van der Waals surface area contributed by atoms with Crippen molar-refractivity contribution in [3.63, 3.8) is 0 Å². The Hall–Kier alpha value is -2.37. The number of carbonyl (C=O) groups excluding carboxylic acids is 3. The summed E-state index contributed by atoms with van der Waals surface area (Å²) in [5.74, 6) is -0.481. The summed E-state index contributed by atoms with van der Waals surface area (Å²) in [6.45, 7) is 0.347. The first-order chi connectivity index (χ1) is 12.5. The molecule has 2 fully saturated rings. The van der Waals surface area contributed by atoms with E-state index in [1.54, 1.807) is 11.9 Å². The van der Waals surface area contributed by atoms with E-state index in [-0.39, 0.29) is 24.4 Å². The highest BCUT2D eigenvalue weighted by atomic mass is 16.2. The van der Waals surface area contributed by atoms with E-state index in [2.05, 4.69) is 17.4 Å². The molecule has 140 valence electrons. The SMILES string of the molecule is CN1C(=O)N(CC(=O)NCCCc2ccccc2)C(=O)C12CCCCC2. The van der Waals surface area contributed by atoms with E-state index in [0.29, 0.717) is 19.4 Å². The van der Waals surface area contributed by atoms with Crippen molar-refractivity contribution in [3.8, 4) is 0 Å². The number of rotatable bonds is 6. The van der Waals surface area contributed by atoms with Gasteiger partial charge >= 0.3 is 6.03 Å². The van der Waals surface area contributed by atoms with Gasteiger partial charge in [0.1, 0.15) is 12.1 Å². The Morgan fingerprint density at radius 2 is 1.81 bits per heavy atom. The molecule has 1 N–H and O–H groups in total. The van der Waals surface area contributed by atoms with Crippen LogP contribution < -0.4 is 5.32 Å². The molecule has 1 saturated carbocycles. The number of carbonyl (C=O) groups is 3. The lowest BCUT2D eigenvalue weighted by atomic mass is 9.81. The van der Waals surface area contributed by atoms with E-state index in [0.717, 1.165) is 37.0 Å². The van der Waals surface area contributed by atoms with E-state index in [1.807, 2.05) is 18.2 Å². The van der Waals surface area contributed by atoms with Crippen LogP contribution in [0, 0.1) is 0 Å². The summed E-state index contributed by atoms with van der Waals surface area (Å²) in [7, 11) is 1.68. The number of hydrogen-bond acceptors (Lipinski definition) is 3. The largest absolute Gasteiger partial charge is 0.355 e. The lowest BCUT2D eigenvalue weighted by molar-refractivity contribution is -0.137. The monoisotopic (exact) mass is 357 g/mol. The normalized spacial score (nSPS) is 19.3. The van der Waals surface area contributed by atoms with Crippen LogP contribution in [0.3, 0.4) is 0 Å². The van der Waals surface area contributed by atoms with Crippen molar-refractivity contribution in [3.05, 3.63) is 35.9 Å². The van der Waals surface area contributed by atoms with Crippen LogP contribution in [0.1, 0.15) is 44.1 Å². The van der Waals surface area contributed by atoms with E-state index in [1.165, 1.54) is 5.56 Å². The van der Waals surface area contributed by atoms with Gasteiger partial charge < -0.3 is 10.2 Å². The summed E-state index contributed by atoms with van der Waals surface area (Å²) in [5, 5.41) is 2.82. The number of nitrogens with one attached hydrogen (secondary N) is 1. The molecule has 1 saturated heterocycles. The molecule has 2 aliphatic rings. The predicted molar refractivity (Wildman–Crippen MR) is 98.5 cm³/mol. The van der Waals surface area contributed by atoms with Gasteiger partial charge in [-0.15, -0.1) is 0 Å². The Labute approximate surface area is 154 Å². The molecule has 0 bridgehead atoms. The maximum absolute atomic E-state index is 12.8. The van der Waals surface area contributed by atoms with Crippen molar-refractivity contribution >= 4 is 17.8 Å². The highest BCUT2D eigenvalue weighted by Gasteiger charge is 2.55. The first kappa shape index (κ1) is 18.4. The fraction of sp³-hybridized carbons (Fsp3) is 0.550. The third-order valence-electron chi connectivity index (χ3n) is 5.59. The molecule has 6 nitrogen and oxygen atoms in total. The van der Waals surface area contributed by atoms with Crippen molar-refractivity contribution in [1.29, 1.82) is 0 Å². The molecule has 26 heavy (non-hydrogen) atoms. The van der Waals surface area contributed by atoms with Gasteiger partial charge in [0.15, 0.2) is 0 Å². The van der Waals surface area contributed by atoms with E-state index in [9.17, 15) is 14.4 Å². The van der Waals surface area contributed by atoms with Gasteiger partial charge in [0.25, 0.3) is 5.91 Å². The van der Waals surface area contributed by atoms with Gasteiger partial charge in [0.05, 0.1) is 0 Å². The van der Waals surface area contributed by atoms with Gasteiger partial charge in [-0.3, -0.25) is 14.5 Å². The third kappa shape index (κ3) is 3.59. The molecule has 1 aromatic rings. The number of nitrogens with zero attached hydrogens (tertiary/aromatic N) is 2. The van der Waals surface area contributed by atoms with Crippen LogP contribution in [-0.4, -0.2) is 53.3 Å². The van der Waals surface area contributed by atoms with Crippen molar-refractivity contribution in [2.24, 2.45) is 0 Å². The average Bonchev–Trinajstić information content (AvgIpc) is 2.83. The van der Waals surface area contributed by atoms with Crippen LogP contribution in [0.5, 0.6) is 0 Å². The zero-order valence-electron chi connectivity index (χ0n) is 15.4. The summed E-state index contributed by atoms with van der Waals surface area (Å²) in [6.07, 6.45) is 6.09. The molecule has 1 spiro atoms. The van der Waals surface area contributed by atoms with Crippen molar-refractivity contribution in [1.82, 2.24) is 15.1 Å². The Kier molecular flexibility index (Phi) is 5.59. The molecule has 1 heterocycles. The maximum atomic E-state index is 12.8. The van der Waals surface area contributed by atoms with Gasteiger partial charge in [0, 0.05) is 13.6 Å². The number of urea groups is 1. The number of aryl methyl sites for hydroxylation is 1. The van der Waals surface area contributed by atoms with E-state index < -0.39 is 5.54 Å². The minimum absolute atomic E-state index is 0.185. The average molecular weight is 357 g/mol. The van der Waals surface area contributed by atoms with Gasteiger partial charge in [-0.1, -0.05) is 49.6 Å². The van der Waals surface area contributed by atoms with Gasteiger partial charge in [-0.05, 0) is 31.2 Å². The zero-order valence-corrected chi connectivity index (χ0v) is 15.4. The summed E-state index contributed by atoms with van der Waals surface area (Å²) in [4.78, 5) is 40.2. The fourth-order valence-electron chi connectivity index (χ4n) is 4.04. The summed E-state index contributed by atoms with van der Waals surface area (Å²) in [6, 6.07) is 9.74. The van der Waals surface area contributed by atoms with Crippen molar-refractivity contribution in [2.45, 2.75) is 50.5 Å². The van der Waals surface area contributed by atoms with Crippen LogP contribution in [-0.2, 0) is 16.0 Å². The predicted octanol–water partition coefficient (Wildman–Crippen LogP) is 2.33. The number of amides is 4. The first-order valence-corrected chi connectivity index (χ1v) is 9.45. The lowest BCUT2D eigenvalue weighted by Crippen LogP contribution is -2.49. The standard InChI is InChI=1S/C20H27N3O3/c1-22-19(26)23(18(25)20(22)12-6-3-7-13-20)15-17(24)21-14-8-11-16-9-4-2-5-10-16/h2,4-5,9-10H,3,6-8,11-15H2,1H3,(H,21,24). The quantitative estimate of drug-likeness (QED) is 0.627. The second-order valence-electron chi connectivity index (χ2n) is 7.26. The number of hydrogen-bond donors (Lipinski definition) is 1. The van der Waals surface area contributed by atoms with Gasteiger partial charge in [-0.25, -0.2) is 4.79 Å². The van der Waals surface area contributed by atoms with E-state index >= 15 is 0 Å². The second kappa shape index (κ2) is 7.89. The summed E-state index contributed by atoms with van der Waals surface area (Å²) in [5.41, 5.74) is 0.510. The number of imide groups is 1. The maximum Gasteiger partial charge on any atom is 0.327 e. The van der Waals surface area contributed by atoms with Crippen LogP contribution in [0.15, 0.2) is 30.3 Å². The Bertz CT molecular complexity index is 668. The lowest BCUT2D eigenvalue weighted by Gasteiger charge is -2.35. The number of likely N-dealkylation sites (N-methyl/N-ethyl adjacent to an activating group) is 1. The zero-order chi connectivity index (χ0) is 18.6. The first-order valence-electron chi connectivity index (χ1n) is 9.45. The topological polar surface area (TPSA) is 69.7 Å². The molecule has 4 amide bonds. The number of benzene rings is 1. The summed E-state index contributed by atoms with van der Waals surface area (Å²) < 4.78 is 0. The second-order valence-corrected chi connectivity index (χ2v) is 7.26. The van der Waals surface area contributed by atoms with Gasteiger partial charge in [-0.2, -0.15) is 0 Å². The molecule has 0 aromatic heterocycles. The highest BCUT2D eigenvalue weighted by molar-refractivity contribution is 6.08. The molecule has 6 heteroatoms. The van der Waals surface area contributed by atoms with Crippen molar-refractivity contribution in [2.75, 3.05) is 20.1 Å². The molecule has 0 unspecified atom stereocenters. The van der Waals surface area contributed by atoms with Crippen LogP contribution >= 0.6 is 0 Å². The minimum Gasteiger partial charge on any atom is -0.355 e. The molecule has 1 aliphatic carbocycles. The molecular formula is C20H27N3O3. The molecule has 0 atom stereocenters.